The predicted octanol–water partition coefficient (Wildman–Crippen LogP) is 5.66. The van der Waals surface area contributed by atoms with Crippen LogP contribution in [-0.4, -0.2) is 23.3 Å². The molecule has 0 bridgehead atoms. The largest absolute Gasteiger partial charge is 0.124 e. The fourth-order valence-electron chi connectivity index (χ4n) is 0.929. The van der Waals surface area contributed by atoms with E-state index in [9.17, 15) is 0 Å². The van der Waals surface area contributed by atoms with Gasteiger partial charge in [0, 0.05) is 28.2 Å². The summed E-state index contributed by atoms with van der Waals surface area (Å²) in [6.07, 6.45) is 8.36. The molecule has 0 rings (SSSR count). The van der Waals surface area contributed by atoms with Crippen molar-refractivity contribution in [2.75, 3.05) is 0 Å². The second kappa shape index (κ2) is 10.5. The molecule has 0 heterocycles. The van der Waals surface area contributed by atoms with Crippen molar-refractivity contribution in [1.29, 1.82) is 0 Å². The van der Waals surface area contributed by atoms with E-state index in [0.717, 1.165) is 0 Å². The van der Waals surface area contributed by atoms with Crippen LogP contribution in [0.1, 0.15) is 49.7 Å². The Morgan fingerprint density at radius 3 is 1.92 bits per heavy atom. The van der Waals surface area contributed by atoms with E-state index < -0.39 is 0 Å². The maximum Gasteiger partial charge on any atom is 0.124 e. The molecule has 0 aliphatic rings. The number of hydrogen-bond donors (Lipinski definition) is 0. The molecule has 0 amide bonds. The van der Waals surface area contributed by atoms with E-state index in [0.29, 0.717) is -0.565 Å². The molecule has 0 nitrogen and oxygen atoms in total. The number of alkyl halides is 3. The zero-order valence-electron chi connectivity index (χ0n) is 7.38. The second-order valence-corrected chi connectivity index (χ2v) is 14.5. The Kier molecular flexibility index (Phi) is 15.2. The van der Waals surface area contributed by atoms with Crippen molar-refractivity contribution in [3.8, 4) is 0 Å². The van der Waals surface area contributed by atoms with Gasteiger partial charge in [0.1, 0.15) is -0.565 Å². The first-order chi connectivity index (χ1) is 5.06. The third-order valence-electron chi connectivity index (χ3n) is 1.56. The summed E-state index contributed by atoms with van der Waals surface area (Å²) in [7, 11) is 0. The normalized spacial score (nSPS) is 11.0. The molecule has 0 N–H and O–H groups in total. The quantitative estimate of drug-likeness (QED) is 0.156. The molecule has 0 saturated heterocycles. The van der Waals surface area contributed by atoms with Gasteiger partial charge in [-0.25, -0.2) is 0 Å². The molecule has 0 aromatic rings. The Labute approximate surface area is 139 Å². The number of halogens is 3. The van der Waals surface area contributed by atoms with Crippen LogP contribution in [0.15, 0.2) is 0 Å². The molecule has 78 valence electrons. The van der Waals surface area contributed by atoms with Gasteiger partial charge in [-0.2, -0.15) is 0 Å². The van der Waals surface area contributed by atoms with Crippen LogP contribution in [0.25, 0.3) is 0 Å². The van der Waals surface area contributed by atoms with Gasteiger partial charge in [0.25, 0.3) is 0 Å². The molecule has 0 aromatic carbocycles. The molecule has 12 heavy (non-hydrogen) atoms. The zero-order valence-corrected chi connectivity index (χ0v) is 16.7. The number of unbranched alkanes of at least 4 members (excludes halogenated alkanes) is 4. The first kappa shape index (κ1) is 17.4. The summed E-state index contributed by atoms with van der Waals surface area (Å²) >= 11 is 7.53. The van der Waals surface area contributed by atoms with E-state index in [4.69, 9.17) is 0 Å². The molecule has 4 heteroatoms. The second-order valence-electron chi connectivity index (χ2n) is 2.78. The standard InChI is InChI=1S/C8H15I3.Sn.3H2/c1-2-3-4-5-6-7-8(9,10)11;;;;/h2-7H2,1H3;;3*1H. The molecule has 4 radical (unpaired) electrons. The summed E-state index contributed by atoms with van der Waals surface area (Å²) in [4.78, 5) is 0. The van der Waals surface area contributed by atoms with Crippen LogP contribution in [0.3, 0.4) is 0 Å². The van der Waals surface area contributed by atoms with E-state index >= 15 is 0 Å². The molecule has 0 fully saturated rings. The van der Waals surface area contributed by atoms with Gasteiger partial charge >= 0.3 is 0 Å². The van der Waals surface area contributed by atoms with Crippen molar-refractivity contribution in [2.24, 2.45) is 0 Å². The monoisotopic (exact) mass is 618 g/mol. The third-order valence-corrected chi connectivity index (χ3v) is 3.18. The van der Waals surface area contributed by atoms with Crippen LogP contribution >= 0.6 is 67.8 Å². The van der Waals surface area contributed by atoms with Gasteiger partial charge in [0.2, 0.25) is 0 Å². The topological polar surface area (TPSA) is 0 Å². The maximum absolute atomic E-state index is 2.51. The van der Waals surface area contributed by atoms with Gasteiger partial charge in [-0.05, 0) is 6.42 Å². The minimum absolute atomic E-state index is 0. The summed E-state index contributed by atoms with van der Waals surface area (Å²) < 4.78 is 0.458. The summed E-state index contributed by atoms with van der Waals surface area (Å²) in [6, 6.07) is 0. The molecule has 0 aliphatic carbocycles. The fraction of sp³-hybridized carbons (Fsp3) is 1.00. The van der Waals surface area contributed by atoms with Gasteiger partial charge in [-0.15, -0.1) is 0 Å². The molecular weight excluding hydrogens is 596 g/mol. The molecule has 0 atom stereocenters. The van der Waals surface area contributed by atoms with Gasteiger partial charge in [0.05, 0.1) is 0 Å². The Morgan fingerprint density at radius 2 is 1.50 bits per heavy atom. The van der Waals surface area contributed by atoms with Crippen LogP contribution in [0.5, 0.6) is 0 Å². The molecule has 0 aromatic heterocycles. The van der Waals surface area contributed by atoms with Crippen LogP contribution in [0, 0.1) is 0 Å². The van der Waals surface area contributed by atoms with Crippen LogP contribution in [0.2, 0.25) is 0 Å². The third kappa shape index (κ3) is 15.5. The van der Waals surface area contributed by atoms with Gasteiger partial charge < -0.3 is 0 Å². The summed E-state index contributed by atoms with van der Waals surface area (Å²) in [5.41, 5.74) is 0. The first-order valence-electron chi connectivity index (χ1n) is 4.13. The van der Waals surface area contributed by atoms with E-state index in [-0.39, 0.29) is 28.2 Å². The molecule has 0 aliphatic heterocycles. The number of rotatable bonds is 6. The summed E-state index contributed by atoms with van der Waals surface area (Å²) in [6.45, 7) is 2.26. The van der Waals surface area contributed by atoms with Gasteiger partial charge in [-0.1, -0.05) is 107 Å². The number of hydrogen-bond acceptors (Lipinski definition) is 0. The Balaban J connectivity index is -0.0000000833. The SMILES string of the molecule is CCCCCCCC(I)(I)I.[HH].[HH].[HH].[Sn]. The molecule has 0 saturated carbocycles. The van der Waals surface area contributed by atoms with E-state index in [1.807, 2.05) is 0 Å². The summed E-state index contributed by atoms with van der Waals surface area (Å²) in [5.74, 6) is 0. The van der Waals surface area contributed by atoms with E-state index in [2.05, 4.69) is 74.7 Å². The Bertz CT molecular complexity index is 102. The molecule has 0 spiro atoms. The van der Waals surface area contributed by atoms with Gasteiger partial charge in [0.15, 0.2) is 0 Å². The molecule has 0 unspecified atom stereocenters. The van der Waals surface area contributed by atoms with Crippen LogP contribution in [-0.2, 0) is 0 Å². The Morgan fingerprint density at radius 1 is 1.00 bits per heavy atom. The zero-order chi connectivity index (χ0) is 8.74. The first-order valence-corrected chi connectivity index (χ1v) is 7.36. The van der Waals surface area contributed by atoms with Gasteiger partial charge in [-0.3, -0.25) is 0 Å². The van der Waals surface area contributed by atoms with Crippen molar-refractivity contribution in [1.82, 2.24) is 0 Å². The minimum atomic E-state index is 0. The molecular formula is C8H21I3Sn. The van der Waals surface area contributed by atoms with Crippen molar-refractivity contribution in [3.05, 3.63) is 0 Å². The van der Waals surface area contributed by atoms with Crippen molar-refractivity contribution < 1.29 is 4.28 Å². The van der Waals surface area contributed by atoms with E-state index in [1.165, 1.54) is 38.5 Å². The van der Waals surface area contributed by atoms with E-state index in [1.54, 1.807) is 0 Å². The van der Waals surface area contributed by atoms with Crippen molar-refractivity contribution in [2.45, 2.75) is 44.9 Å². The predicted molar refractivity (Wildman–Crippen MR) is 90.3 cm³/mol. The summed E-state index contributed by atoms with van der Waals surface area (Å²) in [5, 5.41) is 0. The minimum Gasteiger partial charge on any atom is -0.0654 e. The van der Waals surface area contributed by atoms with Crippen LogP contribution in [0.4, 0.5) is 0 Å². The maximum atomic E-state index is 2.51. The smallest absolute Gasteiger partial charge is 0.0654 e. The van der Waals surface area contributed by atoms with Crippen LogP contribution < -0.4 is 0 Å². The van der Waals surface area contributed by atoms with Crippen molar-refractivity contribution in [3.63, 3.8) is 0 Å². The average molecular weight is 617 g/mol. The average Bonchev–Trinajstić information content (AvgIpc) is 1.85. The Hall–Kier alpha value is 2.99. The van der Waals surface area contributed by atoms with Crippen molar-refractivity contribution >= 4 is 91.7 Å². The fourth-order valence-corrected chi connectivity index (χ4v) is 2.07.